The van der Waals surface area contributed by atoms with Crippen LogP contribution in [0.2, 0.25) is 0 Å². The Hall–Kier alpha value is -2.16. The van der Waals surface area contributed by atoms with Crippen molar-refractivity contribution in [2.75, 3.05) is 13.2 Å². The van der Waals surface area contributed by atoms with Gasteiger partial charge < -0.3 is 25.2 Å². The van der Waals surface area contributed by atoms with E-state index in [9.17, 15) is 29.4 Å². The van der Waals surface area contributed by atoms with Gasteiger partial charge in [0.1, 0.15) is 12.1 Å². The number of ether oxygens (including phenoxy) is 1. The SMILES string of the molecule is CCOC(=O)C[C@@H](C)[C@@H](NC(=O)[C@@H]1C[C@@H](O)CN1C(C)=O)C(=O)O. The number of carbonyl (C=O) groups excluding carboxylic acids is 3. The molecule has 9 nitrogen and oxygen atoms in total. The minimum absolute atomic E-state index is 0.0313. The molecule has 4 atom stereocenters. The molecule has 0 saturated carbocycles. The number of hydrogen-bond acceptors (Lipinski definition) is 6. The zero-order valence-corrected chi connectivity index (χ0v) is 14.0. The third kappa shape index (κ3) is 5.19. The van der Waals surface area contributed by atoms with E-state index in [2.05, 4.69) is 5.32 Å². The zero-order chi connectivity index (χ0) is 18.4. The number of aliphatic hydroxyl groups is 1. The van der Waals surface area contributed by atoms with Crippen molar-refractivity contribution < 1.29 is 34.1 Å². The number of hydrogen-bond donors (Lipinski definition) is 3. The normalized spacial score (nSPS) is 22.6. The summed E-state index contributed by atoms with van der Waals surface area (Å²) in [5, 5.41) is 21.3. The summed E-state index contributed by atoms with van der Waals surface area (Å²) in [5.74, 6) is -3.56. The Kier molecular flexibility index (Phi) is 7.15. The Morgan fingerprint density at radius 3 is 2.46 bits per heavy atom. The van der Waals surface area contributed by atoms with Crippen molar-refractivity contribution in [1.82, 2.24) is 10.2 Å². The van der Waals surface area contributed by atoms with Crippen LogP contribution in [0.25, 0.3) is 0 Å². The molecule has 0 radical (unpaired) electrons. The first-order chi connectivity index (χ1) is 11.2. The summed E-state index contributed by atoms with van der Waals surface area (Å²) in [6.45, 7) is 4.64. The molecular weight excluding hydrogens is 320 g/mol. The number of carboxylic acid groups (broad SMARTS) is 1. The smallest absolute Gasteiger partial charge is 0.326 e. The van der Waals surface area contributed by atoms with Crippen LogP contribution in [0.15, 0.2) is 0 Å². The van der Waals surface area contributed by atoms with Gasteiger partial charge in [-0.15, -0.1) is 0 Å². The highest BCUT2D eigenvalue weighted by Gasteiger charge is 2.39. The fourth-order valence-electron chi connectivity index (χ4n) is 2.71. The molecule has 0 aromatic heterocycles. The van der Waals surface area contributed by atoms with Gasteiger partial charge in [0.2, 0.25) is 11.8 Å². The van der Waals surface area contributed by atoms with Gasteiger partial charge in [-0.1, -0.05) is 6.92 Å². The summed E-state index contributed by atoms with van der Waals surface area (Å²) >= 11 is 0. The molecule has 0 spiro atoms. The van der Waals surface area contributed by atoms with Crippen LogP contribution in [-0.2, 0) is 23.9 Å². The maximum Gasteiger partial charge on any atom is 0.326 e. The van der Waals surface area contributed by atoms with Crippen LogP contribution in [0.5, 0.6) is 0 Å². The van der Waals surface area contributed by atoms with E-state index in [4.69, 9.17) is 4.74 Å². The van der Waals surface area contributed by atoms with Crippen LogP contribution in [0.1, 0.15) is 33.6 Å². The molecule has 0 unspecified atom stereocenters. The first-order valence-electron chi connectivity index (χ1n) is 7.81. The van der Waals surface area contributed by atoms with Gasteiger partial charge in [0.25, 0.3) is 0 Å². The summed E-state index contributed by atoms with van der Waals surface area (Å²) in [6, 6.07) is -2.22. The predicted octanol–water partition coefficient (Wildman–Crippen LogP) is -0.873. The quantitative estimate of drug-likeness (QED) is 0.511. The Bertz CT molecular complexity index is 508. The fourth-order valence-corrected chi connectivity index (χ4v) is 2.71. The van der Waals surface area contributed by atoms with Crippen molar-refractivity contribution >= 4 is 23.8 Å². The highest BCUT2D eigenvalue weighted by atomic mass is 16.5. The van der Waals surface area contributed by atoms with Crippen molar-refractivity contribution in [1.29, 1.82) is 0 Å². The van der Waals surface area contributed by atoms with E-state index in [0.717, 1.165) is 0 Å². The second-order valence-electron chi connectivity index (χ2n) is 5.89. The van der Waals surface area contributed by atoms with Crippen LogP contribution in [0, 0.1) is 5.92 Å². The molecule has 1 aliphatic rings. The van der Waals surface area contributed by atoms with E-state index < -0.39 is 42.0 Å². The number of aliphatic carboxylic acids is 1. The molecule has 9 heteroatoms. The molecule has 0 bridgehead atoms. The molecule has 1 rings (SSSR count). The summed E-state index contributed by atoms with van der Waals surface area (Å²) in [5.41, 5.74) is 0. The lowest BCUT2D eigenvalue weighted by Crippen LogP contribution is -2.52. The van der Waals surface area contributed by atoms with Gasteiger partial charge in [-0.2, -0.15) is 0 Å². The summed E-state index contributed by atoms with van der Waals surface area (Å²) in [4.78, 5) is 48.0. The van der Waals surface area contributed by atoms with Crippen LogP contribution in [0.4, 0.5) is 0 Å². The van der Waals surface area contributed by atoms with E-state index in [1.165, 1.54) is 18.7 Å². The zero-order valence-electron chi connectivity index (χ0n) is 14.0. The Balaban J connectivity index is 2.77. The molecule has 0 aliphatic carbocycles. The van der Waals surface area contributed by atoms with Gasteiger partial charge in [-0.05, 0) is 12.8 Å². The summed E-state index contributed by atoms with van der Waals surface area (Å²) in [7, 11) is 0. The molecule has 24 heavy (non-hydrogen) atoms. The minimum Gasteiger partial charge on any atom is -0.480 e. The van der Waals surface area contributed by atoms with Crippen molar-refractivity contribution in [3.63, 3.8) is 0 Å². The molecule has 2 amide bonds. The number of aliphatic hydroxyl groups excluding tert-OH is 1. The molecule has 3 N–H and O–H groups in total. The van der Waals surface area contributed by atoms with E-state index in [0.29, 0.717) is 0 Å². The molecule has 1 heterocycles. The molecular formula is C15H24N2O7. The number of nitrogens with zero attached hydrogens (tertiary/aromatic N) is 1. The van der Waals surface area contributed by atoms with Gasteiger partial charge in [-0.3, -0.25) is 14.4 Å². The number of likely N-dealkylation sites (tertiary alicyclic amines) is 1. The lowest BCUT2D eigenvalue weighted by molar-refractivity contribution is -0.148. The molecule has 1 fully saturated rings. The van der Waals surface area contributed by atoms with Gasteiger partial charge in [0.15, 0.2) is 0 Å². The Morgan fingerprint density at radius 1 is 1.33 bits per heavy atom. The van der Waals surface area contributed by atoms with Crippen LogP contribution in [0.3, 0.4) is 0 Å². The van der Waals surface area contributed by atoms with Gasteiger partial charge in [0.05, 0.1) is 19.1 Å². The van der Waals surface area contributed by atoms with Crippen molar-refractivity contribution in [3.8, 4) is 0 Å². The number of nitrogens with one attached hydrogen (secondary N) is 1. The summed E-state index contributed by atoms with van der Waals surface area (Å²) < 4.78 is 4.78. The number of rotatable bonds is 7. The topological polar surface area (TPSA) is 133 Å². The highest BCUT2D eigenvalue weighted by molar-refractivity contribution is 5.90. The number of amides is 2. The molecule has 1 saturated heterocycles. The van der Waals surface area contributed by atoms with Crippen molar-refractivity contribution in [3.05, 3.63) is 0 Å². The van der Waals surface area contributed by atoms with Crippen LogP contribution < -0.4 is 5.32 Å². The number of carboxylic acids is 1. The van der Waals surface area contributed by atoms with Crippen molar-refractivity contribution in [2.45, 2.75) is 51.8 Å². The molecule has 0 aromatic carbocycles. The average Bonchev–Trinajstić information content (AvgIpc) is 2.86. The standard InChI is InChI=1S/C15H24N2O7/c1-4-24-12(20)5-8(2)13(15(22)23)16-14(21)11-6-10(19)7-17(11)9(3)18/h8,10-11,13,19H,4-7H2,1-3H3,(H,16,21)(H,22,23)/t8-,10-,11+,13-/m1/s1. The monoisotopic (exact) mass is 344 g/mol. The largest absolute Gasteiger partial charge is 0.480 e. The highest BCUT2D eigenvalue weighted by Crippen LogP contribution is 2.19. The fraction of sp³-hybridized carbons (Fsp3) is 0.733. The van der Waals surface area contributed by atoms with Crippen molar-refractivity contribution in [2.24, 2.45) is 5.92 Å². The third-order valence-corrected chi connectivity index (χ3v) is 3.91. The predicted molar refractivity (Wildman–Crippen MR) is 81.8 cm³/mol. The van der Waals surface area contributed by atoms with Gasteiger partial charge >= 0.3 is 11.9 Å². The Labute approximate surface area is 140 Å². The first-order valence-corrected chi connectivity index (χ1v) is 7.81. The maximum absolute atomic E-state index is 12.3. The third-order valence-electron chi connectivity index (χ3n) is 3.91. The number of β-amino-alcohol motifs (C(OH)–C–C–N with tert-alkyl or cyclic N) is 1. The lowest BCUT2D eigenvalue weighted by atomic mass is 9.97. The van der Waals surface area contributed by atoms with Crippen LogP contribution in [-0.4, -0.2) is 70.2 Å². The lowest BCUT2D eigenvalue weighted by Gasteiger charge is -2.26. The van der Waals surface area contributed by atoms with Gasteiger partial charge in [0, 0.05) is 19.9 Å². The minimum atomic E-state index is -1.30. The van der Waals surface area contributed by atoms with E-state index in [-0.39, 0.29) is 31.9 Å². The molecule has 1 aliphatic heterocycles. The maximum atomic E-state index is 12.3. The van der Waals surface area contributed by atoms with E-state index in [1.807, 2.05) is 0 Å². The van der Waals surface area contributed by atoms with E-state index in [1.54, 1.807) is 6.92 Å². The average molecular weight is 344 g/mol. The second-order valence-corrected chi connectivity index (χ2v) is 5.89. The molecule has 0 aromatic rings. The van der Waals surface area contributed by atoms with Crippen LogP contribution >= 0.6 is 0 Å². The molecule has 136 valence electrons. The summed E-state index contributed by atoms with van der Waals surface area (Å²) in [6.07, 6.45) is -0.941. The number of carbonyl (C=O) groups is 4. The first kappa shape index (κ1) is 19.9. The number of esters is 1. The van der Waals surface area contributed by atoms with E-state index >= 15 is 0 Å². The second kappa shape index (κ2) is 8.62. The Morgan fingerprint density at radius 2 is 1.96 bits per heavy atom. The van der Waals surface area contributed by atoms with Gasteiger partial charge in [-0.25, -0.2) is 4.79 Å².